The summed E-state index contributed by atoms with van der Waals surface area (Å²) in [7, 11) is -4.20. The normalized spacial score (nSPS) is 20.9. The van der Waals surface area contributed by atoms with Crippen LogP contribution in [0.25, 0.3) is 0 Å². The lowest BCUT2D eigenvalue weighted by molar-refractivity contribution is -0.136. The zero-order valence-corrected chi connectivity index (χ0v) is 7.91. The largest absolute Gasteiger partial charge is 0.481 e. The molecule has 1 aliphatic heterocycles. The summed E-state index contributed by atoms with van der Waals surface area (Å²) in [6, 6.07) is 0. The highest BCUT2D eigenvalue weighted by atomic mass is 32.2. The van der Waals surface area contributed by atoms with Gasteiger partial charge in [-0.15, -0.1) is 0 Å². The topological polar surface area (TPSA) is 116 Å². The molecule has 8 heteroatoms. The molecule has 0 bridgehead atoms. The van der Waals surface area contributed by atoms with Gasteiger partial charge in [0.2, 0.25) is 5.50 Å². The maximum absolute atomic E-state index is 10.6. The number of rotatable bonds is 4. The first-order valence-corrected chi connectivity index (χ1v) is 5.29. The summed E-state index contributed by atoms with van der Waals surface area (Å²) < 4.78 is 29.8. The highest BCUT2D eigenvalue weighted by Crippen LogP contribution is 2.08. The van der Waals surface area contributed by atoms with Crippen molar-refractivity contribution in [3.05, 3.63) is 11.9 Å². The second-order valence-electron chi connectivity index (χ2n) is 2.77. The third kappa shape index (κ3) is 2.89. The Bertz CT molecular complexity index is 360. The van der Waals surface area contributed by atoms with Gasteiger partial charge in [0.05, 0.1) is 6.42 Å². The molecule has 1 heterocycles. The van der Waals surface area contributed by atoms with Crippen molar-refractivity contribution < 1.29 is 22.9 Å². The SMILES string of the molecule is O=C(O)CCC1=CNC(S(=O)(=O)O)N1. The van der Waals surface area contributed by atoms with Crippen molar-refractivity contribution in [2.45, 2.75) is 18.3 Å². The van der Waals surface area contributed by atoms with Gasteiger partial charge in [-0.2, -0.15) is 8.42 Å². The summed E-state index contributed by atoms with van der Waals surface area (Å²) in [4.78, 5) is 10.2. The zero-order chi connectivity index (χ0) is 10.8. The van der Waals surface area contributed by atoms with Crippen LogP contribution in [0.1, 0.15) is 12.8 Å². The second kappa shape index (κ2) is 3.84. The number of aliphatic carboxylic acids is 1. The molecule has 4 N–H and O–H groups in total. The van der Waals surface area contributed by atoms with Crippen LogP contribution < -0.4 is 10.6 Å². The Labute approximate surface area is 80.6 Å². The van der Waals surface area contributed by atoms with Crippen molar-refractivity contribution in [1.82, 2.24) is 10.6 Å². The lowest BCUT2D eigenvalue weighted by Crippen LogP contribution is -2.39. The van der Waals surface area contributed by atoms with Gasteiger partial charge in [-0.3, -0.25) is 9.35 Å². The second-order valence-corrected chi connectivity index (χ2v) is 4.27. The summed E-state index contributed by atoms with van der Waals surface area (Å²) in [5.74, 6) is -0.969. The lowest BCUT2D eigenvalue weighted by atomic mass is 10.2. The Hall–Kier alpha value is -1.28. The van der Waals surface area contributed by atoms with Gasteiger partial charge in [0.15, 0.2) is 0 Å². The molecule has 80 valence electrons. The van der Waals surface area contributed by atoms with Crippen LogP contribution in [0.15, 0.2) is 11.9 Å². The predicted octanol–water partition coefficient (Wildman–Crippen LogP) is -0.943. The molecule has 0 aliphatic carbocycles. The minimum atomic E-state index is -4.20. The molecule has 0 aromatic rings. The van der Waals surface area contributed by atoms with Crippen molar-refractivity contribution in [3.8, 4) is 0 Å². The highest BCUT2D eigenvalue weighted by molar-refractivity contribution is 7.86. The molecular weight excluding hydrogens is 212 g/mol. The molecule has 0 amide bonds. The van der Waals surface area contributed by atoms with E-state index in [1.807, 2.05) is 0 Å². The quantitative estimate of drug-likeness (QED) is 0.453. The molecule has 0 radical (unpaired) electrons. The van der Waals surface area contributed by atoms with Gasteiger partial charge in [-0.1, -0.05) is 0 Å². The minimum absolute atomic E-state index is 0.0985. The van der Waals surface area contributed by atoms with E-state index in [0.29, 0.717) is 5.70 Å². The first-order valence-electron chi connectivity index (χ1n) is 3.79. The van der Waals surface area contributed by atoms with Crippen molar-refractivity contribution in [2.75, 3.05) is 0 Å². The van der Waals surface area contributed by atoms with Gasteiger partial charge in [0, 0.05) is 11.9 Å². The summed E-state index contributed by atoms with van der Waals surface area (Å²) in [5, 5.41) is 13.2. The van der Waals surface area contributed by atoms with Gasteiger partial charge in [-0.25, -0.2) is 0 Å². The molecule has 1 atom stereocenters. The Morgan fingerprint density at radius 1 is 1.57 bits per heavy atom. The van der Waals surface area contributed by atoms with Crippen LogP contribution in [-0.4, -0.2) is 29.5 Å². The maximum atomic E-state index is 10.6. The van der Waals surface area contributed by atoms with Gasteiger partial charge in [0.25, 0.3) is 0 Å². The molecule has 1 aliphatic rings. The Morgan fingerprint density at radius 3 is 2.64 bits per heavy atom. The summed E-state index contributed by atoms with van der Waals surface area (Å²) in [6.45, 7) is 0. The minimum Gasteiger partial charge on any atom is -0.481 e. The van der Waals surface area contributed by atoms with E-state index in [-0.39, 0.29) is 12.8 Å². The van der Waals surface area contributed by atoms with Crippen molar-refractivity contribution in [3.63, 3.8) is 0 Å². The summed E-state index contributed by atoms with van der Waals surface area (Å²) in [5.41, 5.74) is -0.832. The number of nitrogens with one attached hydrogen (secondary N) is 2. The van der Waals surface area contributed by atoms with Crippen LogP contribution in [-0.2, 0) is 14.9 Å². The summed E-state index contributed by atoms with van der Waals surface area (Å²) >= 11 is 0. The molecule has 1 unspecified atom stereocenters. The van der Waals surface area contributed by atoms with E-state index in [1.54, 1.807) is 0 Å². The molecule has 0 spiro atoms. The molecule has 7 nitrogen and oxygen atoms in total. The number of allylic oxidation sites excluding steroid dienone is 1. The molecule has 0 aromatic heterocycles. The van der Waals surface area contributed by atoms with Crippen LogP contribution in [0.5, 0.6) is 0 Å². The van der Waals surface area contributed by atoms with E-state index in [2.05, 4.69) is 10.6 Å². The summed E-state index contributed by atoms with van der Waals surface area (Å²) in [6.07, 6.45) is 1.43. The average molecular weight is 222 g/mol. The molecule has 14 heavy (non-hydrogen) atoms. The van der Waals surface area contributed by atoms with Crippen molar-refractivity contribution in [2.24, 2.45) is 0 Å². The fourth-order valence-electron chi connectivity index (χ4n) is 0.974. The van der Waals surface area contributed by atoms with E-state index in [4.69, 9.17) is 9.66 Å². The predicted molar refractivity (Wildman–Crippen MR) is 46.6 cm³/mol. The Balaban J connectivity index is 2.44. The number of hydrogen-bond donors (Lipinski definition) is 4. The van der Waals surface area contributed by atoms with E-state index >= 15 is 0 Å². The lowest BCUT2D eigenvalue weighted by Gasteiger charge is -2.09. The van der Waals surface area contributed by atoms with Crippen molar-refractivity contribution in [1.29, 1.82) is 0 Å². The van der Waals surface area contributed by atoms with E-state index in [1.165, 1.54) is 6.20 Å². The monoisotopic (exact) mass is 222 g/mol. The molecule has 0 saturated heterocycles. The molecular formula is C6H10N2O5S. The average Bonchev–Trinajstić information content (AvgIpc) is 2.47. The maximum Gasteiger partial charge on any atom is 0.305 e. The van der Waals surface area contributed by atoms with E-state index < -0.39 is 21.6 Å². The third-order valence-electron chi connectivity index (χ3n) is 1.63. The highest BCUT2D eigenvalue weighted by Gasteiger charge is 2.26. The fraction of sp³-hybridized carbons (Fsp3) is 0.500. The first-order chi connectivity index (χ1) is 6.39. The zero-order valence-electron chi connectivity index (χ0n) is 7.10. The number of carboxylic acids is 1. The fourth-order valence-corrected chi connectivity index (χ4v) is 1.51. The van der Waals surface area contributed by atoms with Crippen LogP contribution in [0.4, 0.5) is 0 Å². The Kier molecular flexibility index (Phi) is 2.96. The molecule has 1 rings (SSSR count). The van der Waals surface area contributed by atoms with E-state index in [9.17, 15) is 13.2 Å². The number of carboxylic acid groups (broad SMARTS) is 1. The third-order valence-corrected chi connectivity index (χ3v) is 2.48. The van der Waals surface area contributed by atoms with Gasteiger partial charge in [0.1, 0.15) is 0 Å². The Morgan fingerprint density at radius 2 is 2.21 bits per heavy atom. The van der Waals surface area contributed by atoms with Crippen LogP contribution in [0, 0.1) is 0 Å². The number of hydrogen-bond acceptors (Lipinski definition) is 5. The molecule has 0 aromatic carbocycles. The van der Waals surface area contributed by atoms with Crippen LogP contribution >= 0.6 is 0 Å². The van der Waals surface area contributed by atoms with Gasteiger partial charge >= 0.3 is 16.1 Å². The van der Waals surface area contributed by atoms with E-state index in [0.717, 1.165) is 0 Å². The first kappa shape index (κ1) is 10.8. The molecule has 0 saturated carbocycles. The van der Waals surface area contributed by atoms with Gasteiger partial charge < -0.3 is 15.7 Å². The van der Waals surface area contributed by atoms with Crippen LogP contribution in [0.2, 0.25) is 0 Å². The standard InChI is InChI=1S/C6H10N2O5S/c9-5(10)2-1-4-3-7-6(8-4)14(11,12)13/h3,6-8H,1-2H2,(H,9,10)(H,11,12,13). The van der Waals surface area contributed by atoms with Crippen molar-refractivity contribution >= 4 is 16.1 Å². The van der Waals surface area contributed by atoms with Crippen LogP contribution in [0.3, 0.4) is 0 Å². The number of carbonyl (C=O) groups is 1. The molecule has 0 fully saturated rings. The smallest absolute Gasteiger partial charge is 0.305 e. The van der Waals surface area contributed by atoms with Gasteiger partial charge in [-0.05, 0) is 6.42 Å².